The highest BCUT2D eigenvalue weighted by atomic mass is 32.2. The van der Waals surface area contributed by atoms with Gasteiger partial charge in [-0.25, -0.2) is 17.4 Å². The Morgan fingerprint density at radius 3 is 2.20 bits per heavy atom. The van der Waals surface area contributed by atoms with Crippen LogP contribution in [0.15, 0.2) is 126 Å². The van der Waals surface area contributed by atoms with Crippen molar-refractivity contribution >= 4 is 32.5 Å². The highest BCUT2D eigenvalue weighted by Gasteiger charge is 2.29. The first kappa shape index (κ1) is 35.7. The molecule has 2 aliphatic rings. The van der Waals surface area contributed by atoms with Gasteiger partial charge in [0.05, 0.1) is 29.4 Å². The van der Waals surface area contributed by atoms with Gasteiger partial charge in [-0.1, -0.05) is 66.7 Å². The minimum absolute atomic E-state index is 0.139. The summed E-state index contributed by atoms with van der Waals surface area (Å²) in [6, 6.07) is 34.2. The van der Waals surface area contributed by atoms with Crippen LogP contribution in [0.1, 0.15) is 34.9 Å². The Balaban J connectivity index is 1.26. The number of ketones is 1. The summed E-state index contributed by atoms with van der Waals surface area (Å²) in [4.78, 5) is 23.5. The van der Waals surface area contributed by atoms with E-state index in [0.717, 1.165) is 37.4 Å². The van der Waals surface area contributed by atoms with E-state index in [0.29, 0.717) is 59.6 Å². The van der Waals surface area contributed by atoms with Crippen molar-refractivity contribution < 1.29 is 27.8 Å². The summed E-state index contributed by atoms with van der Waals surface area (Å²) in [6.07, 6.45) is 1.41. The summed E-state index contributed by atoms with van der Waals surface area (Å²) in [6.45, 7) is 4.91. The zero-order valence-electron chi connectivity index (χ0n) is 30.0. The summed E-state index contributed by atoms with van der Waals surface area (Å²) < 4.78 is 42.2. The molecular weight excluding hydrogens is 701 g/mol. The van der Waals surface area contributed by atoms with Crippen molar-refractivity contribution in [3.63, 3.8) is 0 Å². The van der Waals surface area contributed by atoms with Crippen LogP contribution >= 0.6 is 0 Å². The van der Waals surface area contributed by atoms with E-state index in [1.165, 1.54) is 3.97 Å². The molecule has 8 rings (SSSR count). The fraction of sp³-hybridized carbons (Fsp3) is 0.256. The quantitative estimate of drug-likeness (QED) is 0.151. The Labute approximate surface area is 315 Å². The predicted molar refractivity (Wildman–Crippen MR) is 210 cm³/mol. The Hall–Kier alpha value is -5.33. The second-order valence-electron chi connectivity index (χ2n) is 13.9. The minimum Gasteiger partial charge on any atom is -0.489 e. The molecule has 0 radical (unpaired) electrons. The molecule has 0 saturated carbocycles. The highest BCUT2D eigenvalue weighted by Crippen LogP contribution is 2.39. The normalized spacial score (nSPS) is 16.4. The molecule has 54 heavy (non-hydrogen) atoms. The Bertz CT molecular complexity index is 2370. The topological polar surface area (TPSA) is 114 Å². The fourth-order valence-electron chi connectivity index (χ4n) is 7.28. The number of aliphatic hydroxyl groups excluding tert-OH is 1. The number of aromatic nitrogens is 2. The van der Waals surface area contributed by atoms with Gasteiger partial charge >= 0.3 is 0 Å². The first-order chi connectivity index (χ1) is 26.3. The zero-order chi connectivity index (χ0) is 37.2. The molecule has 0 bridgehead atoms. The Morgan fingerprint density at radius 1 is 0.833 bits per heavy atom. The molecule has 276 valence electrons. The van der Waals surface area contributed by atoms with Gasteiger partial charge in [0.1, 0.15) is 18.0 Å². The van der Waals surface area contributed by atoms with Gasteiger partial charge in [-0.2, -0.15) is 0 Å². The number of fused-ring (bicyclic) bond motifs is 1. The van der Waals surface area contributed by atoms with Crippen LogP contribution in [0, 0.1) is 0 Å². The average Bonchev–Trinajstić information content (AvgIpc) is 3.63. The standard InChI is InChI=1S/C43H42N4O6S/c1-45-22-24-46(25-23-45)33-15-12-30(13-16-33)39-29-37-36(18-21-44-43(37)47(39)54(50,51)35-10-6-3-7-11-35)32-14-17-40(53-34-19-26-52-27-20-34)38(28-32)42(49)41(48)31-8-4-2-5-9-31/h2-18,21,28-29,34,41,48H,19-20,22-27H2,1H3. The van der Waals surface area contributed by atoms with Crippen molar-refractivity contribution in [2.24, 2.45) is 0 Å². The third kappa shape index (κ3) is 7.03. The lowest BCUT2D eigenvalue weighted by Gasteiger charge is -2.34. The lowest BCUT2D eigenvalue weighted by atomic mass is 9.95. The van der Waals surface area contributed by atoms with E-state index in [2.05, 4.69) is 21.8 Å². The van der Waals surface area contributed by atoms with Gasteiger partial charge in [0.25, 0.3) is 10.0 Å². The number of carbonyl (C=O) groups excluding carboxylic acids is 1. The van der Waals surface area contributed by atoms with E-state index >= 15 is 0 Å². The van der Waals surface area contributed by atoms with Crippen molar-refractivity contribution in [2.45, 2.75) is 29.9 Å². The lowest BCUT2D eigenvalue weighted by molar-refractivity contribution is 0.0250. The number of pyridine rings is 1. The molecule has 2 aliphatic heterocycles. The third-order valence-corrected chi connectivity index (χ3v) is 12.1. The highest BCUT2D eigenvalue weighted by molar-refractivity contribution is 7.90. The van der Waals surface area contributed by atoms with Gasteiger partial charge in [-0.15, -0.1) is 0 Å². The number of hydrogen-bond donors (Lipinski definition) is 1. The minimum atomic E-state index is -4.10. The molecule has 4 heterocycles. The number of carbonyl (C=O) groups is 1. The molecule has 10 nitrogen and oxygen atoms in total. The largest absolute Gasteiger partial charge is 0.489 e. The van der Waals surface area contributed by atoms with E-state index in [-0.39, 0.29) is 22.2 Å². The number of rotatable bonds is 10. The molecule has 2 fully saturated rings. The van der Waals surface area contributed by atoms with Gasteiger partial charge in [0.15, 0.2) is 11.4 Å². The third-order valence-electron chi connectivity index (χ3n) is 10.4. The molecule has 11 heteroatoms. The van der Waals surface area contributed by atoms with Crippen molar-refractivity contribution in [3.8, 4) is 28.1 Å². The fourth-order valence-corrected chi connectivity index (χ4v) is 8.78. The van der Waals surface area contributed by atoms with Crippen molar-refractivity contribution in [1.29, 1.82) is 0 Å². The van der Waals surface area contributed by atoms with Crippen LogP contribution in [0.2, 0.25) is 0 Å². The van der Waals surface area contributed by atoms with E-state index in [1.54, 1.807) is 72.9 Å². The summed E-state index contributed by atoms with van der Waals surface area (Å²) >= 11 is 0. The first-order valence-electron chi connectivity index (χ1n) is 18.3. The summed E-state index contributed by atoms with van der Waals surface area (Å²) in [5, 5.41) is 11.9. The number of nitrogens with zero attached hydrogens (tertiary/aromatic N) is 4. The summed E-state index contributed by atoms with van der Waals surface area (Å²) in [7, 11) is -1.98. The Morgan fingerprint density at radius 2 is 1.50 bits per heavy atom. The number of benzene rings is 4. The molecule has 2 aromatic heterocycles. The zero-order valence-corrected chi connectivity index (χ0v) is 30.9. The molecule has 1 N–H and O–H groups in total. The summed E-state index contributed by atoms with van der Waals surface area (Å²) in [5.41, 5.74) is 4.56. The summed E-state index contributed by atoms with van der Waals surface area (Å²) in [5.74, 6) is -0.123. The number of likely N-dealkylation sites (N-methyl/N-ethyl adjacent to an activating group) is 1. The lowest BCUT2D eigenvalue weighted by Crippen LogP contribution is -2.44. The second-order valence-corrected chi connectivity index (χ2v) is 15.6. The first-order valence-corrected chi connectivity index (χ1v) is 19.7. The van der Waals surface area contributed by atoms with Crippen LogP contribution in [-0.4, -0.2) is 85.7 Å². The molecule has 6 aromatic rings. The second kappa shape index (κ2) is 15.2. The maximum atomic E-state index is 14.5. The maximum Gasteiger partial charge on any atom is 0.269 e. The van der Waals surface area contributed by atoms with Crippen LogP contribution < -0.4 is 9.64 Å². The number of Topliss-reactive ketones (excluding diaryl/α,β-unsaturated/α-hetero) is 1. The van der Waals surface area contributed by atoms with E-state index < -0.39 is 21.9 Å². The number of aliphatic hydroxyl groups is 1. The van der Waals surface area contributed by atoms with Gasteiger partial charge in [-0.05, 0) is 77.8 Å². The van der Waals surface area contributed by atoms with Gasteiger partial charge < -0.3 is 24.4 Å². The van der Waals surface area contributed by atoms with Gasteiger partial charge in [0.2, 0.25) is 0 Å². The van der Waals surface area contributed by atoms with Gasteiger partial charge in [-0.3, -0.25) is 4.79 Å². The monoisotopic (exact) mass is 742 g/mol. The molecular formula is C43H42N4O6S. The van der Waals surface area contributed by atoms with Crippen LogP contribution in [0.4, 0.5) is 5.69 Å². The van der Waals surface area contributed by atoms with Gasteiger partial charge in [0, 0.05) is 56.3 Å². The maximum absolute atomic E-state index is 14.5. The van der Waals surface area contributed by atoms with Crippen LogP contribution in [-0.2, 0) is 14.8 Å². The van der Waals surface area contributed by atoms with Crippen molar-refractivity contribution in [1.82, 2.24) is 13.9 Å². The molecule has 1 unspecified atom stereocenters. The SMILES string of the molecule is CN1CCN(c2ccc(-c3cc4c(-c5ccc(OC6CCOCC6)c(C(=O)C(O)c6ccccc6)c5)ccnc4n3S(=O)(=O)c3ccccc3)cc2)CC1. The van der Waals surface area contributed by atoms with E-state index in [9.17, 15) is 18.3 Å². The molecule has 0 spiro atoms. The van der Waals surface area contributed by atoms with Crippen molar-refractivity contribution in [3.05, 3.63) is 133 Å². The number of anilines is 1. The smallest absolute Gasteiger partial charge is 0.269 e. The number of piperazine rings is 1. The molecule has 0 aliphatic carbocycles. The molecule has 4 aromatic carbocycles. The van der Waals surface area contributed by atoms with Crippen LogP contribution in [0.3, 0.4) is 0 Å². The van der Waals surface area contributed by atoms with Crippen LogP contribution in [0.25, 0.3) is 33.4 Å². The Kier molecular flexibility index (Phi) is 10.0. The average molecular weight is 743 g/mol. The number of hydrogen-bond acceptors (Lipinski definition) is 9. The van der Waals surface area contributed by atoms with Crippen molar-refractivity contribution in [2.75, 3.05) is 51.3 Å². The molecule has 2 saturated heterocycles. The van der Waals surface area contributed by atoms with E-state index in [1.807, 2.05) is 48.5 Å². The number of ether oxygens (including phenoxy) is 2. The molecule has 0 amide bonds. The molecule has 1 atom stereocenters. The predicted octanol–water partition coefficient (Wildman–Crippen LogP) is 6.83. The van der Waals surface area contributed by atoms with Crippen LogP contribution in [0.5, 0.6) is 5.75 Å². The van der Waals surface area contributed by atoms with E-state index in [4.69, 9.17) is 9.47 Å².